The summed E-state index contributed by atoms with van der Waals surface area (Å²) in [5.41, 5.74) is 6.01. The number of nitrogens with two attached hydrogens (primary N) is 1. The van der Waals surface area contributed by atoms with Gasteiger partial charge in [-0.25, -0.2) is 9.97 Å². The van der Waals surface area contributed by atoms with Gasteiger partial charge in [-0.2, -0.15) is 0 Å². The van der Waals surface area contributed by atoms with E-state index in [1.54, 1.807) is 12.4 Å². The summed E-state index contributed by atoms with van der Waals surface area (Å²) in [6.45, 7) is 4.36. The lowest BCUT2D eigenvalue weighted by molar-refractivity contribution is 0.613. The molecule has 0 aliphatic heterocycles. The minimum atomic E-state index is 0.278. The smallest absolute Gasteiger partial charge is 0.144 e. The standard InChI is InChI=1S/C12H20N4S/c1-3-4-5-6-9(2)16-11-8-14-10(7-15-11)12(13)17/h7-9H,3-6H2,1-2H3,(H2,13,17)(H,15,16). The van der Waals surface area contributed by atoms with Gasteiger partial charge in [0.1, 0.15) is 16.5 Å². The molecule has 1 heterocycles. The molecule has 0 amide bonds. The molecule has 0 saturated heterocycles. The predicted molar refractivity (Wildman–Crippen MR) is 75.1 cm³/mol. The molecule has 0 aliphatic carbocycles. The molecule has 1 atom stereocenters. The number of rotatable bonds is 7. The number of hydrogen-bond acceptors (Lipinski definition) is 4. The Balaban J connectivity index is 2.43. The van der Waals surface area contributed by atoms with E-state index in [2.05, 4.69) is 29.1 Å². The molecule has 0 spiro atoms. The highest BCUT2D eigenvalue weighted by Crippen LogP contribution is 2.08. The van der Waals surface area contributed by atoms with E-state index >= 15 is 0 Å². The molecule has 0 radical (unpaired) electrons. The van der Waals surface area contributed by atoms with Gasteiger partial charge in [0.15, 0.2) is 0 Å². The molecule has 1 aromatic heterocycles. The van der Waals surface area contributed by atoms with E-state index in [9.17, 15) is 0 Å². The van der Waals surface area contributed by atoms with Crippen molar-refractivity contribution in [1.29, 1.82) is 0 Å². The first-order chi connectivity index (χ1) is 8.13. The predicted octanol–water partition coefficient (Wildman–Crippen LogP) is 2.49. The molecule has 5 heteroatoms. The fourth-order valence-corrected chi connectivity index (χ4v) is 1.66. The van der Waals surface area contributed by atoms with Gasteiger partial charge >= 0.3 is 0 Å². The Morgan fingerprint density at radius 1 is 1.41 bits per heavy atom. The fourth-order valence-electron chi connectivity index (χ4n) is 1.55. The van der Waals surface area contributed by atoms with Gasteiger partial charge in [0, 0.05) is 6.04 Å². The highest BCUT2D eigenvalue weighted by Gasteiger charge is 2.04. The van der Waals surface area contributed by atoms with Crippen LogP contribution in [0, 0.1) is 0 Å². The van der Waals surface area contributed by atoms with Gasteiger partial charge in [0.05, 0.1) is 12.4 Å². The molecule has 0 bridgehead atoms. The van der Waals surface area contributed by atoms with Crippen molar-refractivity contribution < 1.29 is 0 Å². The lowest BCUT2D eigenvalue weighted by atomic mass is 10.1. The lowest BCUT2D eigenvalue weighted by Crippen LogP contribution is -2.17. The van der Waals surface area contributed by atoms with Gasteiger partial charge in [-0.3, -0.25) is 0 Å². The average molecular weight is 252 g/mol. The van der Waals surface area contributed by atoms with Crippen molar-refractivity contribution in [3.8, 4) is 0 Å². The van der Waals surface area contributed by atoms with E-state index < -0.39 is 0 Å². The van der Waals surface area contributed by atoms with E-state index in [1.165, 1.54) is 19.3 Å². The van der Waals surface area contributed by atoms with Crippen molar-refractivity contribution in [3.63, 3.8) is 0 Å². The molecule has 1 rings (SSSR count). The highest BCUT2D eigenvalue weighted by molar-refractivity contribution is 7.80. The van der Waals surface area contributed by atoms with Gasteiger partial charge < -0.3 is 11.1 Å². The van der Waals surface area contributed by atoms with E-state index in [0.29, 0.717) is 11.7 Å². The second kappa shape index (κ2) is 7.17. The van der Waals surface area contributed by atoms with Crippen LogP contribution in [0.5, 0.6) is 0 Å². The molecule has 4 nitrogen and oxygen atoms in total. The van der Waals surface area contributed by atoms with Crippen LogP contribution in [0.3, 0.4) is 0 Å². The fraction of sp³-hybridized carbons (Fsp3) is 0.583. The largest absolute Gasteiger partial charge is 0.388 e. The maximum absolute atomic E-state index is 5.45. The number of aromatic nitrogens is 2. The molecule has 0 aliphatic rings. The number of hydrogen-bond donors (Lipinski definition) is 2. The van der Waals surface area contributed by atoms with Crippen LogP contribution in [-0.4, -0.2) is 21.0 Å². The van der Waals surface area contributed by atoms with Gasteiger partial charge in [0.2, 0.25) is 0 Å². The lowest BCUT2D eigenvalue weighted by Gasteiger charge is -2.13. The Hall–Kier alpha value is -1.23. The van der Waals surface area contributed by atoms with Crippen LogP contribution in [0.2, 0.25) is 0 Å². The van der Waals surface area contributed by atoms with Gasteiger partial charge in [-0.1, -0.05) is 38.4 Å². The van der Waals surface area contributed by atoms with Gasteiger partial charge in [-0.05, 0) is 13.3 Å². The molecule has 3 N–H and O–H groups in total. The number of unbranched alkanes of at least 4 members (excludes halogenated alkanes) is 2. The second-order valence-electron chi connectivity index (χ2n) is 4.19. The zero-order valence-corrected chi connectivity index (χ0v) is 11.3. The summed E-state index contributed by atoms with van der Waals surface area (Å²) in [6, 6.07) is 0.409. The Morgan fingerprint density at radius 2 is 2.18 bits per heavy atom. The molecule has 0 fully saturated rings. The van der Waals surface area contributed by atoms with E-state index in [1.807, 2.05) is 0 Å². The molecule has 94 valence electrons. The molecular weight excluding hydrogens is 232 g/mol. The normalized spacial score (nSPS) is 12.1. The number of nitrogens with one attached hydrogen (secondary N) is 1. The second-order valence-corrected chi connectivity index (χ2v) is 4.63. The maximum Gasteiger partial charge on any atom is 0.144 e. The third kappa shape index (κ3) is 5.08. The molecule has 1 unspecified atom stereocenters. The molecule has 17 heavy (non-hydrogen) atoms. The summed E-state index contributed by atoms with van der Waals surface area (Å²) >= 11 is 4.82. The first-order valence-corrected chi connectivity index (χ1v) is 6.42. The Morgan fingerprint density at radius 3 is 2.71 bits per heavy atom. The summed E-state index contributed by atoms with van der Waals surface area (Å²) < 4.78 is 0. The number of thiocarbonyl (C=S) groups is 1. The van der Waals surface area contributed by atoms with Crippen LogP contribution in [0.15, 0.2) is 12.4 Å². The van der Waals surface area contributed by atoms with Crippen molar-refractivity contribution in [1.82, 2.24) is 9.97 Å². The van der Waals surface area contributed by atoms with Gasteiger partial charge in [0.25, 0.3) is 0 Å². The van der Waals surface area contributed by atoms with E-state index in [-0.39, 0.29) is 4.99 Å². The maximum atomic E-state index is 5.45. The van der Waals surface area contributed by atoms with Crippen LogP contribution in [0.1, 0.15) is 45.2 Å². The topological polar surface area (TPSA) is 63.8 Å². The van der Waals surface area contributed by atoms with Crippen LogP contribution in [-0.2, 0) is 0 Å². The molecule has 0 saturated carbocycles. The van der Waals surface area contributed by atoms with E-state index in [4.69, 9.17) is 18.0 Å². The van der Waals surface area contributed by atoms with Crippen molar-refractivity contribution in [2.24, 2.45) is 5.73 Å². The number of anilines is 1. The van der Waals surface area contributed by atoms with Crippen molar-refractivity contribution in [2.75, 3.05) is 5.32 Å². The Bertz CT molecular complexity index is 350. The third-order valence-electron chi connectivity index (χ3n) is 2.54. The van der Waals surface area contributed by atoms with Crippen LogP contribution < -0.4 is 11.1 Å². The number of nitrogens with zero attached hydrogens (tertiary/aromatic N) is 2. The zero-order chi connectivity index (χ0) is 12.7. The first kappa shape index (κ1) is 13.8. The highest BCUT2D eigenvalue weighted by atomic mass is 32.1. The van der Waals surface area contributed by atoms with Gasteiger partial charge in [-0.15, -0.1) is 0 Å². The van der Waals surface area contributed by atoms with Crippen molar-refractivity contribution >= 4 is 23.0 Å². The van der Waals surface area contributed by atoms with Crippen molar-refractivity contribution in [2.45, 2.75) is 45.6 Å². The Kier molecular flexibility index (Phi) is 5.83. The van der Waals surface area contributed by atoms with Crippen LogP contribution in [0.25, 0.3) is 0 Å². The monoisotopic (exact) mass is 252 g/mol. The van der Waals surface area contributed by atoms with Crippen LogP contribution >= 0.6 is 12.2 Å². The van der Waals surface area contributed by atoms with Crippen molar-refractivity contribution in [3.05, 3.63) is 18.1 Å². The SMILES string of the molecule is CCCCCC(C)Nc1cnc(C(N)=S)cn1. The summed E-state index contributed by atoms with van der Waals surface area (Å²) in [7, 11) is 0. The molecule has 1 aromatic rings. The Labute approximate surface area is 108 Å². The first-order valence-electron chi connectivity index (χ1n) is 6.02. The average Bonchev–Trinajstić information content (AvgIpc) is 2.30. The quantitative estimate of drug-likeness (QED) is 0.576. The summed E-state index contributed by atoms with van der Waals surface area (Å²) in [4.78, 5) is 8.64. The minimum Gasteiger partial charge on any atom is -0.388 e. The summed E-state index contributed by atoms with van der Waals surface area (Å²) in [5, 5.41) is 3.31. The summed E-state index contributed by atoms with van der Waals surface area (Å²) in [6.07, 6.45) is 8.18. The van der Waals surface area contributed by atoms with Crippen LogP contribution in [0.4, 0.5) is 5.82 Å². The minimum absolute atomic E-state index is 0.278. The zero-order valence-electron chi connectivity index (χ0n) is 10.4. The molecular formula is C12H20N4S. The molecule has 0 aromatic carbocycles. The third-order valence-corrected chi connectivity index (χ3v) is 2.75. The van der Waals surface area contributed by atoms with E-state index in [0.717, 1.165) is 12.2 Å². The summed E-state index contributed by atoms with van der Waals surface area (Å²) in [5.74, 6) is 0.772.